The van der Waals surface area contributed by atoms with E-state index in [4.69, 9.17) is 16.6 Å². The van der Waals surface area contributed by atoms with Crippen LogP contribution in [0.25, 0.3) is 28.2 Å². The molecule has 0 unspecified atom stereocenters. The van der Waals surface area contributed by atoms with Gasteiger partial charge in [-0.15, -0.1) is 0 Å². The van der Waals surface area contributed by atoms with Crippen molar-refractivity contribution in [1.82, 2.24) is 29.0 Å². The quantitative estimate of drug-likeness (QED) is 0.344. The second-order valence-electron chi connectivity index (χ2n) is 8.71. The zero-order valence-electron chi connectivity index (χ0n) is 19.0. The Labute approximate surface area is 207 Å². The van der Waals surface area contributed by atoms with Crippen molar-refractivity contribution in [2.75, 3.05) is 6.54 Å². The molecule has 0 bridgehead atoms. The molecule has 7 nitrogen and oxygen atoms in total. The molecular formula is C27H23ClN6O. The lowest BCUT2D eigenvalue weighted by Crippen LogP contribution is -2.39. The van der Waals surface area contributed by atoms with E-state index in [9.17, 15) is 4.79 Å². The molecule has 1 atom stereocenters. The maximum atomic E-state index is 14.0. The number of carbonyl (C=O) groups is 1. The molecule has 1 aliphatic rings. The standard InChI is InChI=1S/C27H23ClN6O/c28-21-11-14-34-24(15-21)31-25(23-10-4-5-12-29-23)26(34)27(35)33-13-6-9-22(33)18-32-17-20(16-30-32)19-7-2-1-3-8-19/h1-5,7-8,10-12,14-17,22H,6,9,13,18H2/t22-/m0/s1. The van der Waals surface area contributed by atoms with Gasteiger partial charge in [-0.3, -0.25) is 18.9 Å². The van der Waals surface area contributed by atoms with Gasteiger partial charge in [0.05, 0.1) is 24.5 Å². The van der Waals surface area contributed by atoms with Gasteiger partial charge < -0.3 is 4.90 Å². The summed E-state index contributed by atoms with van der Waals surface area (Å²) >= 11 is 6.22. The fraction of sp³-hybridized carbons (Fsp3) is 0.185. The number of fused-ring (bicyclic) bond motifs is 1. The molecule has 1 aliphatic heterocycles. The fourth-order valence-electron chi connectivity index (χ4n) is 4.79. The number of benzene rings is 1. The zero-order valence-corrected chi connectivity index (χ0v) is 19.7. The highest BCUT2D eigenvalue weighted by molar-refractivity contribution is 6.30. The third-order valence-corrected chi connectivity index (χ3v) is 6.71. The van der Waals surface area contributed by atoms with Crippen LogP contribution in [0.4, 0.5) is 0 Å². The number of aromatic nitrogens is 5. The number of pyridine rings is 2. The van der Waals surface area contributed by atoms with Gasteiger partial charge >= 0.3 is 0 Å². The molecule has 8 heteroatoms. The molecule has 1 fully saturated rings. The first-order valence-electron chi connectivity index (χ1n) is 11.7. The van der Waals surface area contributed by atoms with Crippen LogP contribution < -0.4 is 0 Å². The third kappa shape index (κ3) is 4.08. The molecule has 0 N–H and O–H groups in total. The van der Waals surface area contributed by atoms with Gasteiger partial charge in [0.2, 0.25) is 0 Å². The number of carbonyl (C=O) groups excluding carboxylic acids is 1. The van der Waals surface area contributed by atoms with Gasteiger partial charge in [0.1, 0.15) is 17.0 Å². The minimum atomic E-state index is -0.0570. The second-order valence-corrected chi connectivity index (χ2v) is 9.15. The highest BCUT2D eigenvalue weighted by atomic mass is 35.5. The molecule has 4 aromatic heterocycles. The number of nitrogens with zero attached hydrogens (tertiary/aromatic N) is 6. The molecule has 35 heavy (non-hydrogen) atoms. The summed E-state index contributed by atoms with van der Waals surface area (Å²) in [5.74, 6) is -0.0570. The Kier molecular flexibility index (Phi) is 5.54. The van der Waals surface area contributed by atoms with Crippen molar-refractivity contribution in [3.63, 3.8) is 0 Å². The minimum absolute atomic E-state index is 0.0421. The molecule has 0 radical (unpaired) electrons. The van der Waals surface area contributed by atoms with Crippen molar-refractivity contribution in [2.24, 2.45) is 0 Å². The van der Waals surface area contributed by atoms with E-state index in [1.807, 2.05) is 62.8 Å². The summed E-state index contributed by atoms with van der Waals surface area (Å²) in [6.07, 6.45) is 9.31. The van der Waals surface area contributed by atoms with Crippen LogP contribution in [0.5, 0.6) is 0 Å². The molecule has 0 spiro atoms. The van der Waals surface area contributed by atoms with Crippen LogP contribution in [0.3, 0.4) is 0 Å². The van der Waals surface area contributed by atoms with Crippen LogP contribution in [0, 0.1) is 0 Å². The Bertz CT molecular complexity index is 1490. The molecule has 1 amide bonds. The molecule has 174 valence electrons. The van der Waals surface area contributed by atoms with E-state index in [0.717, 1.165) is 24.0 Å². The van der Waals surface area contributed by atoms with Gasteiger partial charge in [-0.1, -0.05) is 48.0 Å². The Balaban J connectivity index is 1.33. The maximum Gasteiger partial charge on any atom is 0.273 e. The van der Waals surface area contributed by atoms with E-state index >= 15 is 0 Å². The number of rotatable bonds is 5. The van der Waals surface area contributed by atoms with Gasteiger partial charge in [0.15, 0.2) is 0 Å². The third-order valence-electron chi connectivity index (χ3n) is 6.47. The summed E-state index contributed by atoms with van der Waals surface area (Å²) in [5, 5.41) is 5.14. The van der Waals surface area contributed by atoms with Gasteiger partial charge in [-0.2, -0.15) is 5.10 Å². The van der Waals surface area contributed by atoms with Crippen LogP contribution in [-0.2, 0) is 6.54 Å². The van der Waals surface area contributed by atoms with Crippen molar-refractivity contribution in [3.8, 4) is 22.5 Å². The van der Waals surface area contributed by atoms with E-state index in [2.05, 4.69) is 22.2 Å². The van der Waals surface area contributed by atoms with Gasteiger partial charge in [-0.05, 0) is 36.6 Å². The van der Waals surface area contributed by atoms with E-state index < -0.39 is 0 Å². The predicted octanol–water partition coefficient (Wildman–Crippen LogP) is 5.22. The lowest BCUT2D eigenvalue weighted by molar-refractivity contribution is 0.0715. The fourth-order valence-corrected chi connectivity index (χ4v) is 4.95. The summed E-state index contributed by atoms with van der Waals surface area (Å²) in [7, 11) is 0. The average molecular weight is 483 g/mol. The van der Waals surface area contributed by atoms with Crippen molar-refractivity contribution in [1.29, 1.82) is 0 Å². The predicted molar refractivity (Wildman–Crippen MR) is 135 cm³/mol. The molecule has 6 rings (SSSR count). The largest absolute Gasteiger partial charge is 0.332 e. The van der Waals surface area contributed by atoms with Crippen molar-refractivity contribution in [3.05, 3.63) is 96.2 Å². The Morgan fingerprint density at radius 2 is 1.91 bits per heavy atom. The maximum absolute atomic E-state index is 14.0. The highest BCUT2D eigenvalue weighted by Crippen LogP contribution is 2.29. The normalized spacial score (nSPS) is 15.7. The molecule has 1 aromatic carbocycles. The molecule has 1 saturated heterocycles. The number of hydrogen-bond acceptors (Lipinski definition) is 4. The Morgan fingerprint density at radius 1 is 1.06 bits per heavy atom. The first-order valence-corrected chi connectivity index (χ1v) is 12.0. The van der Waals surface area contributed by atoms with E-state index in [1.165, 1.54) is 0 Å². The number of hydrogen-bond donors (Lipinski definition) is 0. The van der Waals surface area contributed by atoms with Gasteiger partial charge in [0.25, 0.3) is 5.91 Å². The van der Waals surface area contributed by atoms with Crippen molar-refractivity contribution in [2.45, 2.75) is 25.4 Å². The smallest absolute Gasteiger partial charge is 0.273 e. The average Bonchev–Trinajstić information content (AvgIpc) is 3.63. The summed E-state index contributed by atoms with van der Waals surface area (Å²) in [4.78, 5) is 25.1. The summed E-state index contributed by atoms with van der Waals surface area (Å²) < 4.78 is 3.75. The van der Waals surface area contributed by atoms with E-state index in [0.29, 0.717) is 40.8 Å². The molecule has 5 heterocycles. The van der Waals surface area contributed by atoms with Crippen LogP contribution in [-0.4, -0.2) is 47.5 Å². The second kappa shape index (κ2) is 9.00. The van der Waals surface area contributed by atoms with E-state index in [-0.39, 0.29) is 11.9 Å². The van der Waals surface area contributed by atoms with Crippen molar-refractivity contribution >= 4 is 23.2 Å². The van der Waals surface area contributed by atoms with Crippen LogP contribution in [0.2, 0.25) is 5.02 Å². The lowest BCUT2D eigenvalue weighted by Gasteiger charge is -2.25. The number of imidazole rings is 1. The summed E-state index contributed by atoms with van der Waals surface area (Å²) in [6, 6.07) is 19.4. The number of amides is 1. The topological polar surface area (TPSA) is 68.3 Å². The van der Waals surface area contributed by atoms with Crippen molar-refractivity contribution < 1.29 is 4.79 Å². The summed E-state index contributed by atoms with van der Waals surface area (Å²) in [5.41, 5.74) is 4.55. The Morgan fingerprint density at radius 3 is 2.74 bits per heavy atom. The number of halogens is 1. The Hall–Kier alpha value is -3.97. The first-order chi connectivity index (χ1) is 17.2. The molecule has 5 aromatic rings. The lowest BCUT2D eigenvalue weighted by atomic mass is 10.1. The number of likely N-dealkylation sites (tertiary alicyclic amines) is 1. The molecule has 0 saturated carbocycles. The van der Waals surface area contributed by atoms with Gasteiger partial charge in [0, 0.05) is 41.8 Å². The van der Waals surface area contributed by atoms with Crippen LogP contribution in [0.1, 0.15) is 23.3 Å². The molecule has 0 aliphatic carbocycles. The SMILES string of the molecule is O=C(c1c(-c2ccccn2)nc2cc(Cl)ccn12)N1CCC[C@H]1Cn1cc(-c2ccccc2)cn1. The highest BCUT2D eigenvalue weighted by Gasteiger charge is 2.33. The molecular weight excluding hydrogens is 460 g/mol. The summed E-state index contributed by atoms with van der Waals surface area (Å²) in [6.45, 7) is 1.33. The first kappa shape index (κ1) is 21.6. The van der Waals surface area contributed by atoms with Gasteiger partial charge in [-0.25, -0.2) is 4.98 Å². The zero-order chi connectivity index (χ0) is 23.8. The monoisotopic (exact) mass is 482 g/mol. The van der Waals surface area contributed by atoms with E-state index in [1.54, 1.807) is 24.5 Å². The van der Waals surface area contributed by atoms with Crippen LogP contribution >= 0.6 is 11.6 Å². The minimum Gasteiger partial charge on any atom is -0.332 e. The van der Waals surface area contributed by atoms with Crippen LogP contribution in [0.15, 0.2) is 85.5 Å².